The SMILES string of the molecule is CN=C(NCC1CCN(Cc2ccc(C)cc2)CC1)NC1CCN(c2ccc(C)cn2)CC1.I. The minimum atomic E-state index is 0. The van der Waals surface area contributed by atoms with E-state index in [0.717, 1.165) is 50.8 Å². The van der Waals surface area contributed by atoms with Gasteiger partial charge in [-0.05, 0) is 75.7 Å². The van der Waals surface area contributed by atoms with Gasteiger partial charge in [-0.2, -0.15) is 0 Å². The molecule has 0 unspecified atom stereocenters. The van der Waals surface area contributed by atoms with Crippen molar-refractivity contribution in [2.45, 2.75) is 52.1 Å². The van der Waals surface area contributed by atoms with Gasteiger partial charge in [-0.3, -0.25) is 9.89 Å². The van der Waals surface area contributed by atoms with E-state index in [-0.39, 0.29) is 24.0 Å². The van der Waals surface area contributed by atoms with Crippen molar-refractivity contribution < 1.29 is 0 Å². The Balaban J connectivity index is 0.00000324. The average Bonchev–Trinajstić information content (AvgIpc) is 2.85. The third kappa shape index (κ3) is 7.83. The molecule has 2 saturated heterocycles. The van der Waals surface area contributed by atoms with E-state index in [0.29, 0.717) is 12.0 Å². The molecule has 34 heavy (non-hydrogen) atoms. The zero-order valence-corrected chi connectivity index (χ0v) is 23.3. The van der Waals surface area contributed by atoms with Crippen LogP contribution in [0.3, 0.4) is 0 Å². The number of likely N-dealkylation sites (tertiary alicyclic amines) is 1. The second kappa shape index (κ2) is 13.3. The summed E-state index contributed by atoms with van der Waals surface area (Å²) in [5.41, 5.74) is 3.97. The molecule has 0 spiro atoms. The minimum Gasteiger partial charge on any atom is -0.356 e. The summed E-state index contributed by atoms with van der Waals surface area (Å²) in [5.74, 6) is 2.76. The van der Waals surface area contributed by atoms with Gasteiger partial charge in [-0.25, -0.2) is 4.98 Å². The van der Waals surface area contributed by atoms with Crippen LogP contribution in [0.2, 0.25) is 0 Å². The number of hydrogen-bond acceptors (Lipinski definition) is 4. The van der Waals surface area contributed by atoms with Crippen LogP contribution in [0.1, 0.15) is 42.4 Å². The van der Waals surface area contributed by atoms with Crippen molar-refractivity contribution in [3.05, 3.63) is 59.3 Å². The smallest absolute Gasteiger partial charge is 0.191 e. The molecule has 1 aromatic heterocycles. The van der Waals surface area contributed by atoms with Gasteiger partial charge in [0, 0.05) is 45.5 Å². The molecule has 3 heterocycles. The maximum Gasteiger partial charge on any atom is 0.191 e. The number of benzene rings is 1. The number of nitrogens with zero attached hydrogens (tertiary/aromatic N) is 4. The van der Waals surface area contributed by atoms with Crippen molar-refractivity contribution in [3.63, 3.8) is 0 Å². The number of aryl methyl sites for hydroxylation is 2. The van der Waals surface area contributed by atoms with Gasteiger partial charge in [-0.1, -0.05) is 35.9 Å². The Kier molecular flexibility index (Phi) is 10.4. The van der Waals surface area contributed by atoms with E-state index >= 15 is 0 Å². The number of guanidine groups is 1. The van der Waals surface area contributed by atoms with E-state index in [4.69, 9.17) is 0 Å². The summed E-state index contributed by atoms with van der Waals surface area (Å²) in [6, 6.07) is 13.7. The summed E-state index contributed by atoms with van der Waals surface area (Å²) < 4.78 is 0. The van der Waals surface area contributed by atoms with Crippen LogP contribution in [0.5, 0.6) is 0 Å². The van der Waals surface area contributed by atoms with Crippen molar-refractivity contribution in [3.8, 4) is 0 Å². The van der Waals surface area contributed by atoms with Gasteiger partial charge in [0.25, 0.3) is 0 Å². The highest BCUT2D eigenvalue weighted by Gasteiger charge is 2.22. The molecule has 2 fully saturated rings. The molecule has 0 atom stereocenters. The average molecular weight is 577 g/mol. The summed E-state index contributed by atoms with van der Waals surface area (Å²) in [7, 11) is 1.88. The predicted octanol–water partition coefficient (Wildman–Crippen LogP) is 4.36. The molecule has 2 aliphatic rings. The van der Waals surface area contributed by atoms with E-state index < -0.39 is 0 Å². The molecule has 186 valence electrons. The van der Waals surface area contributed by atoms with Gasteiger partial charge >= 0.3 is 0 Å². The number of aromatic nitrogens is 1. The third-order valence-electron chi connectivity index (χ3n) is 7.07. The molecule has 2 aliphatic heterocycles. The van der Waals surface area contributed by atoms with Gasteiger partial charge in [0.2, 0.25) is 0 Å². The van der Waals surface area contributed by atoms with Gasteiger partial charge in [0.1, 0.15) is 5.82 Å². The normalized spacial score (nSPS) is 18.4. The Labute approximate surface area is 222 Å². The van der Waals surface area contributed by atoms with Crippen LogP contribution < -0.4 is 15.5 Å². The van der Waals surface area contributed by atoms with Crippen molar-refractivity contribution >= 4 is 35.8 Å². The molecule has 0 aliphatic carbocycles. The van der Waals surface area contributed by atoms with Crippen LogP contribution in [0, 0.1) is 19.8 Å². The molecule has 0 amide bonds. The van der Waals surface area contributed by atoms with Gasteiger partial charge in [0.15, 0.2) is 5.96 Å². The van der Waals surface area contributed by atoms with Crippen molar-refractivity contribution in [1.82, 2.24) is 20.5 Å². The highest BCUT2D eigenvalue weighted by molar-refractivity contribution is 14.0. The highest BCUT2D eigenvalue weighted by Crippen LogP contribution is 2.20. The first-order chi connectivity index (χ1) is 16.1. The Morgan fingerprint density at radius 2 is 1.62 bits per heavy atom. The fourth-order valence-electron chi connectivity index (χ4n) is 4.83. The lowest BCUT2D eigenvalue weighted by Gasteiger charge is -2.34. The van der Waals surface area contributed by atoms with Crippen LogP contribution in [-0.4, -0.2) is 61.7 Å². The standard InChI is InChI=1S/C27H40N6.HI/c1-21-4-7-24(8-5-21)20-32-14-10-23(11-15-32)19-30-27(28-3)31-25-12-16-33(17-13-25)26-9-6-22(2)18-29-26;/h4-9,18,23,25H,10-17,19-20H2,1-3H3,(H2,28,30,31);1H. The Bertz CT molecular complexity index is 882. The Morgan fingerprint density at radius 1 is 0.941 bits per heavy atom. The topological polar surface area (TPSA) is 55.8 Å². The van der Waals surface area contributed by atoms with Crippen molar-refractivity contribution in [2.75, 3.05) is 44.7 Å². The first kappa shape index (κ1) is 26.7. The molecule has 2 aromatic rings. The molecular weight excluding hydrogens is 535 g/mol. The molecule has 6 nitrogen and oxygen atoms in total. The number of hydrogen-bond donors (Lipinski definition) is 2. The van der Waals surface area contributed by atoms with E-state index in [1.54, 1.807) is 0 Å². The Hall–Kier alpha value is -1.87. The third-order valence-corrected chi connectivity index (χ3v) is 7.07. The fraction of sp³-hybridized carbons (Fsp3) is 0.556. The number of anilines is 1. The van der Waals surface area contributed by atoms with Gasteiger partial charge in [-0.15, -0.1) is 24.0 Å². The van der Waals surface area contributed by atoms with Crippen LogP contribution in [0.15, 0.2) is 47.6 Å². The number of aliphatic imine (C=N–C) groups is 1. The highest BCUT2D eigenvalue weighted by atomic mass is 127. The van der Waals surface area contributed by atoms with Crippen molar-refractivity contribution in [1.29, 1.82) is 0 Å². The Morgan fingerprint density at radius 3 is 2.24 bits per heavy atom. The maximum atomic E-state index is 4.58. The summed E-state index contributed by atoms with van der Waals surface area (Å²) >= 11 is 0. The van der Waals surface area contributed by atoms with Crippen LogP contribution in [0.25, 0.3) is 0 Å². The lowest BCUT2D eigenvalue weighted by molar-refractivity contribution is 0.178. The second-order valence-corrected chi connectivity index (χ2v) is 9.76. The first-order valence-electron chi connectivity index (χ1n) is 12.5. The van der Waals surface area contributed by atoms with Gasteiger partial charge < -0.3 is 15.5 Å². The zero-order valence-electron chi connectivity index (χ0n) is 21.0. The largest absolute Gasteiger partial charge is 0.356 e. The van der Waals surface area contributed by atoms with E-state index in [2.05, 4.69) is 80.7 Å². The molecule has 4 rings (SSSR count). The lowest BCUT2D eigenvalue weighted by Crippen LogP contribution is -2.50. The van der Waals surface area contributed by atoms with Gasteiger partial charge in [0.05, 0.1) is 0 Å². The summed E-state index contributed by atoms with van der Waals surface area (Å²) in [6.07, 6.45) is 6.66. The summed E-state index contributed by atoms with van der Waals surface area (Å²) in [5, 5.41) is 7.25. The number of piperidine rings is 2. The second-order valence-electron chi connectivity index (χ2n) is 9.76. The number of halogens is 1. The number of rotatable bonds is 6. The molecule has 0 radical (unpaired) electrons. The zero-order chi connectivity index (χ0) is 23.0. The summed E-state index contributed by atoms with van der Waals surface area (Å²) in [4.78, 5) is 14.0. The molecule has 0 saturated carbocycles. The van der Waals surface area contributed by atoms with Crippen LogP contribution >= 0.6 is 24.0 Å². The van der Waals surface area contributed by atoms with E-state index in [1.807, 2.05) is 13.2 Å². The molecule has 2 N–H and O–H groups in total. The number of pyridine rings is 1. The summed E-state index contributed by atoms with van der Waals surface area (Å²) in [6.45, 7) is 10.7. The lowest BCUT2D eigenvalue weighted by atomic mass is 9.96. The van der Waals surface area contributed by atoms with E-state index in [9.17, 15) is 0 Å². The maximum absolute atomic E-state index is 4.58. The molecular formula is C27H41IN6. The first-order valence-corrected chi connectivity index (χ1v) is 12.5. The van der Waals surface area contributed by atoms with Crippen LogP contribution in [0.4, 0.5) is 5.82 Å². The molecule has 7 heteroatoms. The monoisotopic (exact) mass is 576 g/mol. The molecule has 0 bridgehead atoms. The van der Waals surface area contributed by atoms with Crippen molar-refractivity contribution in [2.24, 2.45) is 10.9 Å². The predicted molar refractivity (Wildman–Crippen MR) is 153 cm³/mol. The number of nitrogens with one attached hydrogen (secondary N) is 2. The fourth-order valence-corrected chi connectivity index (χ4v) is 4.83. The minimum absolute atomic E-state index is 0. The molecule has 1 aromatic carbocycles. The quantitative estimate of drug-likeness (QED) is 0.304. The van der Waals surface area contributed by atoms with Crippen LogP contribution in [-0.2, 0) is 6.54 Å². The van der Waals surface area contributed by atoms with E-state index in [1.165, 1.54) is 42.6 Å².